The Morgan fingerprint density at radius 1 is 0.750 bits per heavy atom. The van der Waals surface area contributed by atoms with E-state index in [2.05, 4.69) is 10.2 Å². The van der Waals surface area contributed by atoms with E-state index in [1.807, 2.05) is 12.1 Å². The van der Waals surface area contributed by atoms with E-state index >= 15 is 0 Å². The van der Waals surface area contributed by atoms with E-state index in [-0.39, 0.29) is 17.1 Å². The van der Waals surface area contributed by atoms with Gasteiger partial charge in [0, 0.05) is 10.8 Å². The maximum absolute atomic E-state index is 11.8. The van der Waals surface area contributed by atoms with Crippen LogP contribution < -0.4 is 0 Å². The fraction of sp³-hybridized carbons (Fsp3) is 0. The summed E-state index contributed by atoms with van der Waals surface area (Å²) in [4.78, 5) is -0.741. The number of benzene rings is 4. The molecule has 7 nitrogen and oxygen atoms in total. The maximum atomic E-state index is 11.8. The van der Waals surface area contributed by atoms with E-state index < -0.39 is 20.8 Å². The average Bonchev–Trinajstić information content (AvgIpc) is 2.66. The summed E-state index contributed by atoms with van der Waals surface area (Å²) in [6.07, 6.45) is 0. The predicted octanol–water partition coefficient (Wildman–Crippen LogP) is 5.07. The number of fused-ring (bicyclic) bond motifs is 2. The van der Waals surface area contributed by atoms with Gasteiger partial charge in [0.2, 0.25) is 0 Å². The molecule has 0 aliphatic heterocycles. The summed E-state index contributed by atoms with van der Waals surface area (Å²) >= 11 is 0. The fourth-order valence-electron chi connectivity index (χ4n) is 3.08. The van der Waals surface area contributed by atoms with Gasteiger partial charge in [-0.15, -0.1) is 10.2 Å². The van der Waals surface area contributed by atoms with Gasteiger partial charge in [0.1, 0.15) is 17.1 Å². The van der Waals surface area contributed by atoms with Crippen LogP contribution in [0.2, 0.25) is 0 Å². The van der Waals surface area contributed by atoms with Crippen molar-refractivity contribution in [1.29, 1.82) is 0 Å². The standard InChI is InChI=1S/C20H14N2O5S/c23-17-11-13-6-2-3-7-14(13)18(20(17)28(25,26)27)22-21-16-10-9-12-5-1-4-8-15(12)19(16)24/h1-11,23-24H,(H,25,26,27). The van der Waals surface area contributed by atoms with E-state index in [9.17, 15) is 23.2 Å². The lowest BCUT2D eigenvalue weighted by atomic mass is 10.1. The number of nitrogens with zero attached hydrogens (tertiary/aromatic N) is 2. The summed E-state index contributed by atoms with van der Waals surface area (Å²) < 4.78 is 33.2. The Morgan fingerprint density at radius 2 is 1.39 bits per heavy atom. The Kier molecular flexibility index (Phi) is 4.21. The molecule has 8 heteroatoms. The molecule has 0 aliphatic rings. The van der Waals surface area contributed by atoms with Gasteiger partial charge >= 0.3 is 0 Å². The van der Waals surface area contributed by atoms with Crippen LogP contribution >= 0.6 is 0 Å². The van der Waals surface area contributed by atoms with Crippen LogP contribution in [0.4, 0.5) is 11.4 Å². The maximum Gasteiger partial charge on any atom is 0.300 e. The van der Waals surface area contributed by atoms with Crippen LogP contribution in [0, 0.1) is 0 Å². The first-order valence-electron chi connectivity index (χ1n) is 8.21. The highest BCUT2D eigenvalue weighted by Crippen LogP contribution is 2.42. The number of hydrogen-bond donors (Lipinski definition) is 3. The predicted molar refractivity (Wildman–Crippen MR) is 105 cm³/mol. The molecule has 28 heavy (non-hydrogen) atoms. The molecule has 0 atom stereocenters. The summed E-state index contributed by atoms with van der Waals surface area (Å²) in [5.74, 6) is -0.752. The molecule has 0 bridgehead atoms. The van der Waals surface area contributed by atoms with Crippen molar-refractivity contribution in [1.82, 2.24) is 0 Å². The Bertz CT molecular complexity index is 1360. The first-order valence-corrected chi connectivity index (χ1v) is 9.65. The van der Waals surface area contributed by atoms with Gasteiger partial charge in [-0.2, -0.15) is 8.42 Å². The van der Waals surface area contributed by atoms with E-state index in [0.29, 0.717) is 16.2 Å². The third-order valence-corrected chi connectivity index (χ3v) is 5.27. The molecule has 0 aliphatic carbocycles. The van der Waals surface area contributed by atoms with Gasteiger partial charge in [-0.1, -0.05) is 54.6 Å². The molecule has 4 aromatic carbocycles. The third kappa shape index (κ3) is 3.04. The van der Waals surface area contributed by atoms with Crippen molar-refractivity contribution < 1.29 is 23.2 Å². The molecule has 0 unspecified atom stereocenters. The van der Waals surface area contributed by atoms with Crippen LogP contribution in [0.25, 0.3) is 21.5 Å². The average molecular weight is 394 g/mol. The highest BCUT2D eigenvalue weighted by Gasteiger charge is 2.23. The quantitative estimate of drug-likeness (QED) is 0.331. The number of azo groups is 1. The van der Waals surface area contributed by atoms with Crippen LogP contribution in [0.3, 0.4) is 0 Å². The minimum Gasteiger partial charge on any atom is -0.506 e. The summed E-state index contributed by atoms with van der Waals surface area (Å²) in [5, 5.41) is 30.8. The lowest BCUT2D eigenvalue weighted by Gasteiger charge is -2.09. The van der Waals surface area contributed by atoms with E-state index in [1.165, 1.54) is 6.07 Å². The highest BCUT2D eigenvalue weighted by molar-refractivity contribution is 7.86. The van der Waals surface area contributed by atoms with Gasteiger partial charge in [0.15, 0.2) is 10.6 Å². The summed E-state index contributed by atoms with van der Waals surface area (Å²) in [6, 6.07) is 18.3. The molecular formula is C20H14N2O5S. The molecule has 0 radical (unpaired) electrons. The molecule has 0 saturated carbocycles. The van der Waals surface area contributed by atoms with Crippen molar-refractivity contribution in [3.05, 3.63) is 66.7 Å². The summed E-state index contributed by atoms with van der Waals surface area (Å²) in [5.41, 5.74) is -0.0990. The van der Waals surface area contributed by atoms with Crippen LogP contribution in [-0.4, -0.2) is 23.2 Å². The summed E-state index contributed by atoms with van der Waals surface area (Å²) in [6.45, 7) is 0. The zero-order valence-corrected chi connectivity index (χ0v) is 15.1. The molecule has 0 spiro atoms. The molecule has 140 valence electrons. The van der Waals surface area contributed by atoms with Gasteiger partial charge in [0.05, 0.1) is 0 Å². The van der Waals surface area contributed by atoms with Crippen LogP contribution in [-0.2, 0) is 10.1 Å². The Morgan fingerprint density at radius 3 is 2.11 bits per heavy atom. The van der Waals surface area contributed by atoms with Crippen molar-refractivity contribution in [2.45, 2.75) is 4.90 Å². The molecule has 4 aromatic rings. The molecule has 3 N–H and O–H groups in total. The number of phenolic OH excluding ortho intramolecular Hbond substituents is 2. The molecule has 4 rings (SSSR count). The summed E-state index contributed by atoms with van der Waals surface area (Å²) in [7, 11) is -4.77. The van der Waals surface area contributed by atoms with Gasteiger partial charge in [0.25, 0.3) is 10.1 Å². The first kappa shape index (κ1) is 17.9. The van der Waals surface area contributed by atoms with E-state index in [0.717, 1.165) is 5.39 Å². The van der Waals surface area contributed by atoms with Gasteiger partial charge in [-0.25, -0.2) is 0 Å². The van der Waals surface area contributed by atoms with Crippen molar-refractivity contribution in [2.75, 3.05) is 0 Å². The Labute approximate surface area is 160 Å². The Hall–Kier alpha value is -3.49. The molecular weight excluding hydrogens is 380 g/mol. The lowest BCUT2D eigenvalue weighted by Crippen LogP contribution is -1.99. The minimum atomic E-state index is -4.77. The van der Waals surface area contributed by atoms with Gasteiger partial charge in [-0.05, 0) is 22.9 Å². The topological polar surface area (TPSA) is 120 Å². The largest absolute Gasteiger partial charge is 0.506 e. The second kappa shape index (κ2) is 6.59. The SMILES string of the molecule is O=S(=O)(O)c1c(O)cc2ccccc2c1N=Nc1ccc2ccccc2c1O. The normalized spacial score (nSPS) is 12.2. The highest BCUT2D eigenvalue weighted by atomic mass is 32.2. The number of phenols is 2. The second-order valence-electron chi connectivity index (χ2n) is 6.12. The first-order chi connectivity index (χ1) is 13.4. The number of aromatic hydroxyl groups is 2. The van der Waals surface area contributed by atoms with Crippen LogP contribution in [0.15, 0.2) is 81.9 Å². The number of hydrogen-bond acceptors (Lipinski definition) is 6. The lowest BCUT2D eigenvalue weighted by molar-refractivity contribution is 0.444. The van der Waals surface area contributed by atoms with Gasteiger partial charge < -0.3 is 10.2 Å². The van der Waals surface area contributed by atoms with Crippen molar-refractivity contribution in [2.24, 2.45) is 10.2 Å². The van der Waals surface area contributed by atoms with Crippen LogP contribution in [0.1, 0.15) is 0 Å². The van der Waals surface area contributed by atoms with Crippen molar-refractivity contribution in [3.63, 3.8) is 0 Å². The zero-order chi connectivity index (χ0) is 19.9. The Balaban J connectivity index is 1.96. The van der Waals surface area contributed by atoms with Crippen LogP contribution in [0.5, 0.6) is 11.5 Å². The smallest absolute Gasteiger partial charge is 0.300 e. The zero-order valence-electron chi connectivity index (χ0n) is 14.3. The van der Waals surface area contributed by atoms with E-state index in [4.69, 9.17) is 0 Å². The third-order valence-electron chi connectivity index (χ3n) is 4.35. The fourth-order valence-corrected chi connectivity index (χ4v) is 3.80. The molecule has 0 heterocycles. The molecule has 0 saturated heterocycles. The van der Waals surface area contributed by atoms with Crippen molar-refractivity contribution in [3.8, 4) is 11.5 Å². The van der Waals surface area contributed by atoms with Crippen molar-refractivity contribution >= 4 is 43.0 Å². The van der Waals surface area contributed by atoms with Gasteiger partial charge in [-0.3, -0.25) is 4.55 Å². The monoisotopic (exact) mass is 394 g/mol. The second-order valence-corrected chi connectivity index (χ2v) is 7.48. The number of rotatable bonds is 3. The molecule has 0 aromatic heterocycles. The minimum absolute atomic E-state index is 0.111. The molecule has 0 amide bonds. The van der Waals surface area contributed by atoms with E-state index in [1.54, 1.807) is 48.5 Å². The molecule has 0 fully saturated rings.